The van der Waals surface area contributed by atoms with Crippen molar-refractivity contribution in [1.29, 1.82) is 0 Å². The number of aliphatic hydroxyl groups excluding tert-OH is 1. The van der Waals surface area contributed by atoms with Gasteiger partial charge in [0.25, 0.3) is 5.91 Å². The SMILES string of the molecule is C[C@@H](O)c1ccc(OCC(=O)NCC(F)(F)F)cc1. The Morgan fingerprint density at radius 2 is 1.95 bits per heavy atom. The van der Waals surface area contributed by atoms with Gasteiger partial charge in [-0.25, -0.2) is 0 Å². The number of halogens is 3. The minimum Gasteiger partial charge on any atom is -0.484 e. The first kappa shape index (κ1) is 15.3. The molecule has 19 heavy (non-hydrogen) atoms. The molecule has 1 amide bonds. The van der Waals surface area contributed by atoms with Gasteiger partial charge in [0, 0.05) is 0 Å². The summed E-state index contributed by atoms with van der Waals surface area (Å²) < 4.78 is 40.5. The predicted molar refractivity (Wildman–Crippen MR) is 61.6 cm³/mol. The zero-order chi connectivity index (χ0) is 14.5. The van der Waals surface area contributed by atoms with Crippen LogP contribution in [0.15, 0.2) is 24.3 Å². The van der Waals surface area contributed by atoms with Crippen molar-refractivity contribution in [2.24, 2.45) is 0 Å². The number of aliphatic hydroxyl groups is 1. The number of rotatable bonds is 5. The van der Waals surface area contributed by atoms with Crippen molar-refractivity contribution in [3.05, 3.63) is 29.8 Å². The summed E-state index contributed by atoms with van der Waals surface area (Å²) in [5.74, 6) is -0.511. The van der Waals surface area contributed by atoms with Crippen LogP contribution >= 0.6 is 0 Å². The first-order valence-corrected chi connectivity index (χ1v) is 5.52. The molecule has 0 saturated carbocycles. The van der Waals surface area contributed by atoms with Gasteiger partial charge in [-0.05, 0) is 24.6 Å². The van der Waals surface area contributed by atoms with E-state index in [9.17, 15) is 23.1 Å². The van der Waals surface area contributed by atoms with Crippen LogP contribution in [-0.4, -0.2) is 30.3 Å². The number of alkyl halides is 3. The molecule has 0 aliphatic carbocycles. The minimum atomic E-state index is -4.44. The van der Waals surface area contributed by atoms with Crippen molar-refractivity contribution in [2.45, 2.75) is 19.2 Å². The van der Waals surface area contributed by atoms with E-state index < -0.39 is 31.3 Å². The number of nitrogens with one attached hydrogen (secondary N) is 1. The Labute approximate surface area is 108 Å². The van der Waals surface area contributed by atoms with E-state index in [1.165, 1.54) is 12.1 Å². The molecule has 0 unspecified atom stereocenters. The number of hydrogen-bond donors (Lipinski definition) is 2. The van der Waals surface area contributed by atoms with Crippen molar-refractivity contribution in [3.63, 3.8) is 0 Å². The van der Waals surface area contributed by atoms with Crippen LogP contribution in [0.2, 0.25) is 0 Å². The van der Waals surface area contributed by atoms with Gasteiger partial charge < -0.3 is 15.2 Å². The van der Waals surface area contributed by atoms with Crippen LogP contribution in [-0.2, 0) is 4.79 Å². The van der Waals surface area contributed by atoms with Crippen molar-refractivity contribution >= 4 is 5.91 Å². The predicted octanol–water partition coefficient (Wildman–Crippen LogP) is 1.80. The number of carbonyl (C=O) groups is 1. The molecule has 0 spiro atoms. The maximum absolute atomic E-state index is 11.8. The summed E-state index contributed by atoms with van der Waals surface area (Å²) in [6.45, 7) is -0.277. The zero-order valence-corrected chi connectivity index (χ0v) is 10.2. The fourth-order valence-electron chi connectivity index (χ4n) is 1.24. The van der Waals surface area contributed by atoms with Crippen LogP contribution in [0.5, 0.6) is 5.75 Å². The summed E-state index contributed by atoms with van der Waals surface area (Å²) >= 11 is 0. The topological polar surface area (TPSA) is 58.6 Å². The fraction of sp³-hybridized carbons (Fsp3) is 0.417. The first-order chi connectivity index (χ1) is 8.78. The maximum atomic E-state index is 11.8. The lowest BCUT2D eigenvalue weighted by atomic mass is 10.1. The Morgan fingerprint density at radius 1 is 1.37 bits per heavy atom. The second kappa shape index (κ2) is 6.42. The van der Waals surface area contributed by atoms with Crippen LogP contribution < -0.4 is 10.1 Å². The van der Waals surface area contributed by atoms with E-state index in [0.717, 1.165) is 0 Å². The average molecular weight is 277 g/mol. The molecule has 1 rings (SSSR count). The highest BCUT2D eigenvalue weighted by Gasteiger charge is 2.27. The van der Waals surface area contributed by atoms with Crippen LogP contribution in [0.4, 0.5) is 13.2 Å². The lowest BCUT2D eigenvalue weighted by molar-refractivity contribution is -0.139. The van der Waals surface area contributed by atoms with Gasteiger partial charge in [-0.1, -0.05) is 12.1 Å². The summed E-state index contributed by atoms with van der Waals surface area (Å²) in [7, 11) is 0. The molecule has 2 N–H and O–H groups in total. The summed E-state index contributed by atoms with van der Waals surface area (Å²) in [5.41, 5.74) is 0.675. The molecular weight excluding hydrogens is 263 g/mol. The molecule has 0 fully saturated rings. The molecule has 0 heterocycles. The molecule has 0 aliphatic rings. The number of hydrogen-bond acceptors (Lipinski definition) is 3. The highest BCUT2D eigenvalue weighted by Crippen LogP contribution is 2.17. The molecule has 0 saturated heterocycles. The lowest BCUT2D eigenvalue weighted by Gasteiger charge is -2.10. The number of benzene rings is 1. The normalized spacial score (nSPS) is 12.9. The number of amides is 1. The number of carbonyl (C=O) groups excluding carboxylic acids is 1. The smallest absolute Gasteiger partial charge is 0.405 e. The van der Waals surface area contributed by atoms with E-state index >= 15 is 0 Å². The molecule has 1 aromatic carbocycles. The van der Waals surface area contributed by atoms with Gasteiger partial charge in [0.15, 0.2) is 6.61 Å². The average Bonchev–Trinajstić information content (AvgIpc) is 2.33. The Morgan fingerprint density at radius 3 is 2.42 bits per heavy atom. The first-order valence-electron chi connectivity index (χ1n) is 5.52. The number of ether oxygens (including phenoxy) is 1. The van der Waals surface area contributed by atoms with Crippen LogP contribution in [0.3, 0.4) is 0 Å². The second-order valence-corrected chi connectivity index (χ2v) is 3.93. The van der Waals surface area contributed by atoms with Gasteiger partial charge >= 0.3 is 6.18 Å². The van der Waals surface area contributed by atoms with E-state index in [4.69, 9.17) is 4.74 Å². The monoisotopic (exact) mass is 277 g/mol. The maximum Gasteiger partial charge on any atom is 0.405 e. The molecule has 0 aliphatic heterocycles. The van der Waals surface area contributed by atoms with Crippen LogP contribution in [0.25, 0.3) is 0 Å². The van der Waals surface area contributed by atoms with Crippen molar-refractivity contribution in [2.75, 3.05) is 13.2 Å². The van der Waals surface area contributed by atoms with Crippen LogP contribution in [0.1, 0.15) is 18.6 Å². The van der Waals surface area contributed by atoms with Crippen molar-refractivity contribution in [1.82, 2.24) is 5.32 Å². The van der Waals surface area contributed by atoms with E-state index in [1.54, 1.807) is 24.4 Å². The second-order valence-electron chi connectivity index (χ2n) is 3.93. The fourth-order valence-corrected chi connectivity index (χ4v) is 1.24. The molecule has 7 heteroatoms. The molecular formula is C12H14F3NO3. The summed E-state index contributed by atoms with van der Waals surface area (Å²) in [6.07, 6.45) is -5.06. The molecule has 106 valence electrons. The quantitative estimate of drug-likeness (QED) is 0.862. The van der Waals surface area contributed by atoms with Crippen molar-refractivity contribution in [3.8, 4) is 5.75 Å². The zero-order valence-electron chi connectivity index (χ0n) is 10.2. The summed E-state index contributed by atoms with van der Waals surface area (Å²) in [4.78, 5) is 11.1. The Kier molecular flexibility index (Phi) is 5.17. The van der Waals surface area contributed by atoms with Gasteiger partial charge in [-0.2, -0.15) is 13.2 Å². The van der Waals surface area contributed by atoms with E-state index in [-0.39, 0.29) is 0 Å². The third-order valence-electron chi connectivity index (χ3n) is 2.22. The van der Waals surface area contributed by atoms with Gasteiger partial charge in [-0.15, -0.1) is 0 Å². The molecule has 1 aromatic rings. The Balaban J connectivity index is 2.38. The van der Waals surface area contributed by atoms with Gasteiger partial charge in [0.2, 0.25) is 0 Å². The van der Waals surface area contributed by atoms with E-state index in [2.05, 4.69) is 0 Å². The van der Waals surface area contributed by atoms with Gasteiger partial charge in [0.1, 0.15) is 12.3 Å². The largest absolute Gasteiger partial charge is 0.484 e. The van der Waals surface area contributed by atoms with Crippen molar-refractivity contribution < 1.29 is 27.8 Å². The molecule has 0 bridgehead atoms. The Bertz CT molecular complexity index is 415. The minimum absolute atomic E-state index is 0.339. The van der Waals surface area contributed by atoms with Gasteiger partial charge in [-0.3, -0.25) is 4.79 Å². The Hall–Kier alpha value is -1.76. The van der Waals surface area contributed by atoms with Gasteiger partial charge in [0.05, 0.1) is 6.10 Å². The standard InChI is InChI=1S/C12H14F3NO3/c1-8(17)9-2-4-10(5-3-9)19-6-11(18)16-7-12(13,14)15/h2-5,8,17H,6-7H2,1H3,(H,16,18)/t8-/m1/s1. The van der Waals surface area contributed by atoms with E-state index in [1.807, 2.05) is 0 Å². The third kappa shape index (κ3) is 6.10. The third-order valence-corrected chi connectivity index (χ3v) is 2.22. The molecule has 0 aromatic heterocycles. The summed E-state index contributed by atoms with van der Waals surface area (Å²) in [5, 5.41) is 11.0. The lowest BCUT2D eigenvalue weighted by Crippen LogP contribution is -2.36. The van der Waals surface area contributed by atoms with E-state index in [0.29, 0.717) is 11.3 Å². The molecule has 0 radical (unpaired) electrons. The van der Waals surface area contributed by atoms with Crippen LogP contribution in [0, 0.1) is 0 Å². The molecule has 1 atom stereocenters. The summed E-state index contributed by atoms with van der Waals surface area (Å²) in [6, 6.07) is 6.26. The molecule has 4 nitrogen and oxygen atoms in total. The highest BCUT2D eigenvalue weighted by atomic mass is 19.4. The highest BCUT2D eigenvalue weighted by molar-refractivity contribution is 5.77.